The van der Waals surface area contributed by atoms with Crippen molar-refractivity contribution in [2.45, 2.75) is 6.10 Å². The molecule has 0 amide bonds. The lowest BCUT2D eigenvalue weighted by Crippen LogP contribution is -2.12. The molecule has 7 nitrogen and oxygen atoms in total. The second kappa shape index (κ2) is 6.81. The van der Waals surface area contributed by atoms with E-state index in [4.69, 9.17) is 0 Å². The minimum Gasteiger partial charge on any atom is -0.492 e. The largest absolute Gasteiger partial charge is 0.492 e. The molecule has 130 valence electrons. The Morgan fingerprint density at radius 1 is 1.15 bits per heavy atom. The van der Waals surface area contributed by atoms with Crippen LogP contribution in [0.3, 0.4) is 0 Å². The van der Waals surface area contributed by atoms with Crippen molar-refractivity contribution < 1.29 is 10.2 Å². The molecule has 0 unspecified atom stereocenters. The zero-order chi connectivity index (χ0) is 17.9. The van der Waals surface area contributed by atoms with Crippen LogP contribution in [0, 0.1) is 0 Å². The van der Waals surface area contributed by atoms with Crippen LogP contribution in [-0.2, 0) is 0 Å². The number of aliphatic hydroxyl groups excluding tert-OH is 1. The molecule has 3 aromatic rings. The third kappa shape index (κ3) is 3.33. The van der Waals surface area contributed by atoms with Gasteiger partial charge in [0, 0.05) is 6.54 Å². The molecule has 2 heterocycles. The van der Waals surface area contributed by atoms with Gasteiger partial charge in [-0.15, -0.1) is 0 Å². The number of aromatic nitrogens is 2. The number of hydrogen-bond donors (Lipinski definition) is 4. The van der Waals surface area contributed by atoms with Gasteiger partial charge in [-0.25, -0.2) is 9.98 Å². The fourth-order valence-corrected chi connectivity index (χ4v) is 2.71. The van der Waals surface area contributed by atoms with Crippen molar-refractivity contribution in [2.75, 3.05) is 11.9 Å². The zero-order valence-electron chi connectivity index (χ0n) is 13.8. The van der Waals surface area contributed by atoms with Crippen molar-refractivity contribution in [2.24, 2.45) is 9.98 Å². The molecule has 2 aromatic carbocycles. The van der Waals surface area contributed by atoms with Gasteiger partial charge in [-0.05, 0) is 29.0 Å². The van der Waals surface area contributed by atoms with E-state index in [2.05, 4.69) is 25.3 Å². The SMILES string of the molecule is Oc1nc(NC[C@H](O)c2ccccc2)[nH]c1C=c1ccc2c(c1)N=CN=2. The van der Waals surface area contributed by atoms with Crippen LogP contribution in [0.1, 0.15) is 17.4 Å². The van der Waals surface area contributed by atoms with Gasteiger partial charge in [-0.3, -0.25) is 0 Å². The lowest BCUT2D eigenvalue weighted by molar-refractivity contribution is 0.191. The van der Waals surface area contributed by atoms with E-state index in [0.29, 0.717) is 11.6 Å². The molecule has 1 aliphatic heterocycles. The van der Waals surface area contributed by atoms with Crippen LogP contribution < -0.4 is 15.9 Å². The van der Waals surface area contributed by atoms with Crippen molar-refractivity contribution in [3.05, 3.63) is 70.4 Å². The quantitative estimate of drug-likeness (QED) is 0.559. The molecule has 0 bridgehead atoms. The number of aromatic hydroxyl groups is 1. The molecule has 26 heavy (non-hydrogen) atoms. The molecule has 4 rings (SSSR count). The van der Waals surface area contributed by atoms with Crippen LogP contribution in [0.4, 0.5) is 11.6 Å². The Morgan fingerprint density at radius 2 is 2.00 bits per heavy atom. The van der Waals surface area contributed by atoms with E-state index < -0.39 is 6.10 Å². The summed E-state index contributed by atoms with van der Waals surface area (Å²) < 4.78 is 0. The summed E-state index contributed by atoms with van der Waals surface area (Å²) in [4.78, 5) is 15.3. The highest BCUT2D eigenvalue weighted by molar-refractivity contribution is 5.67. The lowest BCUT2D eigenvalue weighted by Gasteiger charge is -2.11. The van der Waals surface area contributed by atoms with Gasteiger partial charge in [0.05, 0.1) is 17.1 Å². The monoisotopic (exact) mass is 347 g/mol. The Labute approximate surface area is 149 Å². The molecule has 1 atom stereocenters. The number of aliphatic imine (C=N–C) groups is 1. The van der Waals surface area contributed by atoms with Crippen LogP contribution in [-0.4, -0.2) is 33.1 Å². The summed E-state index contributed by atoms with van der Waals surface area (Å²) in [7, 11) is 0. The van der Waals surface area contributed by atoms with Gasteiger partial charge in [0.2, 0.25) is 11.8 Å². The molecule has 0 aliphatic carbocycles. The first-order valence-corrected chi connectivity index (χ1v) is 8.17. The van der Waals surface area contributed by atoms with Gasteiger partial charge in [0.25, 0.3) is 0 Å². The number of anilines is 1. The number of fused-ring (bicyclic) bond motifs is 1. The molecule has 7 heteroatoms. The first-order chi connectivity index (χ1) is 12.7. The van der Waals surface area contributed by atoms with E-state index >= 15 is 0 Å². The number of nitrogens with zero attached hydrogens (tertiary/aromatic N) is 3. The van der Waals surface area contributed by atoms with Gasteiger partial charge in [-0.1, -0.05) is 36.4 Å². The maximum Gasteiger partial charge on any atom is 0.238 e. The Bertz CT molecular complexity index is 1070. The number of aromatic amines is 1. The van der Waals surface area contributed by atoms with Crippen LogP contribution in [0.2, 0.25) is 0 Å². The number of nitrogens with one attached hydrogen (secondary N) is 2. The highest BCUT2D eigenvalue weighted by Gasteiger charge is 2.10. The summed E-state index contributed by atoms with van der Waals surface area (Å²) in [6, 6.07) is 15.0. The smallest absolute Gasteiger partial charge is 0.238 e. The molecular weight excluding hydrogens is 330 g/mol. The minimum absolute atomic E-state index is 0.115. The maximum atomic E-state index is 10.2. The van der Waals surface area contributed by atoms with E-state index in [1.165, 1.54) is 6.34 Å². The topological polar surface area (TPSA) is 106 Å². The van der Waals surface area contributed by atoms with Gasteiger partial charge in [-0.2, -0.15) is 4.98 Å². The summed E-state index contributed by atoms with van der Waals surface area (Å²) in [5, 5.41) is 24.9. The normalized spacial score (nSPS) is 14.1. The van der Waals surface area contributed by atoms with Gasteiger partial charge >= 0.3 is 0 Å². The number of aliphatic hydroxyl groups is 1. The summed E-state index contributed by atoms with van der Waals surface area (Å²) in [6.45, 7) is 0.269. The molecular formula is C19H17N5O2. The van der Waals surface area contributed by atoms with Crippen molar-refractivity contribution in [3.63, 3.8) is 0 Å². The predicted molar refractivity (Wildman–Crippen MR) is 99.1 cm³/mol. The summed E-state index contributed by atoms with van der Waals surface area (Å²) in [5.74, 6) is 0.272. The van der Waals surface area contributed by atoms with Crippen molar-refractivity contribution in [1.82, 2.24) is 9.97 Å². The average Bonchev–Trinajstić information content (AvgIpc) is 3.27. The molecule has 1 aliphatic rings. The van der Waals surface area contributed by atoms with Crippen LogP contribution >= 0.6 is 0 Å². The fraction of sp³-hybridized carbons (Fsp3) is 0.105. The second-order valence-electron chi connectivity index (χ2n) is 5.90. The Balaban J connectivity index is 1.50. The van der Waals surface area contributed by atoms with Crippen LogP contribution in [0.5, 0.6) is 5.88 Å². The zero-order valence-corrected chi connectivity index (χ0v) is 13.8. The van der Waals surface area contributed by atoms with Gasteiger partial charge in [0.15, 0.2) is 0 Å². The highest BCUT2D eigenvalue weighted by Crippen LogP contribution is 2.18. The molecule has 0 saturated carbocycles. The van der Waals surface area contributed by atoms with E-state index in [9.17, 15) is 10.2 Å². The van der Waals surface area contributed by atoms with Crippen molar-refractivity contribution >= 4 is 24.1 Å². The average molecular weight is 347 g/mol. The molecule has 0 saturated heterocycles. The van der Waals surface area contributed by atoms with E-state index in [-0.39, 0.29) is 12.4 Å². The molecule has 0 radical (unpaired) electrons. The van der Waals surface area contributed by atoms with E-state index in [0.717, 1.165) is 21.8 Å². The van der Waals surface area contributed by atoms with Gasteiger partial charge < -0.3 is 20.5 Å². The second-order valence-corrected chi connectivity index (χ2v) is 5.90. The Morgan fingerprint density at radius 3 is 2.85 bits per heavy atom. The van der Waals surface area contributed by atoms with E-state index in [1.807, 2.05) is 48.5 Å². The number of rotatable bonds is 5. The predicted octanol–water partition coefficient (Wildman–Crippen LogP) is 1.38. The van der Waals surface area contributed by atoms with Crippen LogP contribution in [0.25, 0.3) is 6.08 Å². The van der Waals surface area contributed by atoms with Crippen LogP contribution in [0.15, 0.2) is 58.5 Å². The first kappa shape index (κ1) is 16.0. The standard InChI is InChI=1S/C19H17N5O2/c25-17(13-4-2-1-3-5-13)10-20-19-23-16(18(26)24-19)9-12-6-7-14-15(8-12)22-11-21-14/h1-9,11,17,25-26H,10H2,(H2,20,23,24)/t17-/m0/s1. The first-order valence-electron chi connectivity index (χ1n) is 8.17. The number of imidazole rings is 1. The minimum atomic E-state index is -0.672. The van der Waals surface area contributed by atoms with E-state index in [1.54, 1.807) is 6.08 Å². The molecule has 0 fully saturated rings. The number of benzene rings is 2. The Kier molecular flexibility index (Phi) is 4.20. The van der Waals surface area contributed by atoms with Crippen molar-refractivity contribution in [1.29, 1.82) is 0 Å². The third-order valence-corrected chi connectivity index (χ3v) is 4.06. The summed E-state index contributed by atoms with van der Waals surface area (Å²) in [6.07, 6.45) is 2.62. The number of hydrogen-bond acceptors (Lipinski definition) is 6. The summed E-state index contributed by atoms with van der Waals surface area (Å²) in [5.41, 5.74) is 2.08. The van der Waals surface area contributed by atoms with Gasteiger partial charge in [0.1, 0.15) is 12.0 Å². The molecule has 0 spiro atoms. The molecule has 4 N–H and O–H groups in total. The highest BCUT2D eigenvalue weighted by atomic mass is 16.3. The Hall–Kier alpha value is -3.45. The third-order valence-electron chi connectivity index (χ3n) is 4.06. The lowest BCUT2D eigenvalue weighted by atomic mass is 10.1. The number of H-pyrrole nitrogens is 1. The molecule has 1 aromatic heterocycles. The fourth-order valence-electron chi connectivity index (χ4n) is 2.71. The van der Waals surface area contributed by atoms with Crippen molar-refractivity contribution in [3.8, 4) is 5.88 Å². The summed E-state index contributed by atoms with van der Waals surface area (Å²) >= 11 is 0. The maximum absolute atomic E-state index is 10.2.